The molecule has 0 aromatic rings. The standard InChI is InChI=1S/C12H17NS2/c1-6-7-13-12(14-8-10(2)3)15-9-11(4)5/h1H,2,4,7-9H2,3,5H3. The van der Waals surface area contributed by atoms with Crippen molar-refractivity contribution in [3.63, 3.8) is 0 Å². The van der Waals surface area contributed by atoms with Gasteiger partial charge in [-0.15, -0.1) is 6.42 Å². The van der Waals surface area contributed by atoms with Crippen LogP contribution in [0.1, 0.15) is 13.8 Å². The lowest BCUT2D eigenvalue weighted by atomic mass is 10.4. The molecule has 0 bridgehead atoms. The lowest BCUT2D eigenvalue weighted by Gasteiger charge is -2.05. The molecule has 82 valence electrons. The van der Waals surface area contributed by atoms with Crippen molar-refractivity contribution in [2.24, 2.45) is 4.99 Å². The number of aliphatic imine (C=N–C) groups is 1. The molecule has 0 aliphatic rings. The van der Waals surface area contributed by atoms with Gasteiger partial charge >= 0.3 is 0 Å². The summed E-state index contributed by atoms with van der Waals surface area (Å²) >= 11 is 3.38. The fourth-order valence-corrected chi connectivity index (χ4v) is 2.35. The molecule has 0 aliphatic heterocycles. The second kappa shape index (κ2) is 8.70. The molecule has 0 atom stereocenters. The van der Waals surface area contributed by atoms with Crippen molar-refractivity contribution in [1.82, 2.24) is 0 Å². The quantitative estimate of drug-likeness (QED) is 0.314. The van der Waals surface area contributed by atoms with Crippen molar-refractivity contribution < 1.29 is 0 Å². The largest absolute Gasteiger partial charge is 0.259 e. The second-order valence-electron chi connectivity index (χ2n) is 3.28. The monoisotopic (exact) mass is 239 g/mol. The van der Waals surface area contributed by atoms with Gasteiger partial charge in [0.05, 0.1) is 0 Å². The van der Waals surface area contributed by atoms with Crippen LogP contribution in [-0.4, -0.2) is 22.4 Å². The van der Waals surface area contributed by atoms with Crippen LogP contribution in [0.2, 0.25) is 0 Å². The van der Waals surface area contributed by atoms with Gasteiger partial charge in [-0.05, 0) is 13.8 Å². The third kappa shape index (κ3) is 9.71. The highest BCUT2D eigenvalue weighted by atomic mass is 32.2. The topological polar surface area (TPSA) is 12.4 Å². The molecule has 1 nitrogen and oxygen atoms in total. The van der Waals surface area contributed by atoms with Gasteiger partial charge in [0.2, 0.25) is 0 Å². The van der Waals surface area contributed by atoms with Crippen LogP contribution in [0.4, 0.5) is 0 Å². The Labute approximate surface area is 102 Å². The molecular formula is C12H17NS2. The Hall–Kier alpha value is -0.590. The molecule has 0 rings (SSSR count). The Morgan fingerprint density at radius 1 is 1.20 bits per heavy atom. The Kier molecular flexibility index (Phi) is 8.35. The van der Waals surface area contributed by atoms with Gasteiger partial charge in [-0.2, -0.15) is 0 Å². The van der Waals surface area contributed by atoms with Crippen LogP contribution in [0.25, 0.3) is 0 Å². The zero-order valence-electron chi connectivity index (χ0n) is 9.38. The molecule has 0 heterocycles. The van der Waals surface area contributed by atoms with E-state index in [0.717, 1.165) is 27.0 Å². The first-order valence-corrected chi connectivity index (χ1v) is 6.55. The third-order valence-electron chi connectivity index (χ3n) is 1.18. The number of terminal acetylenes is 1. The van der Waals surface area contributed by atoms with Gasteiger partial charge < -0.3 is 0 Å². The first-order chi connectivity index (χ1) is 7.06. The summed E-state index contributed by atoms with van der Waals surface area (Å²) in [5, 5.41) is 0. The number of rotatable bonds is 5. The van der Waals surface area contributed by atoms with E-state index in [2.05, 4.69) is 24.1 Å². The maximum atomic E-state index is 5.18. The molecule has 0 aromatic carbocycles. The molecule has 0 spiro atoms. The summed E-state index contributed by atoms with van der Waals surface area (Å²) < 4.78 is 1.03. The predicted octanol–water partition coefficient (Wildman–Crippen LogP) is 3.59. The average Bonchev–Trinajstić information content (AvgIpc) is 2.16. The Morgan fingerprint density at radius 2 is 1.67 bits per heavy atom. The molecule has 0 amide bonds. The Balaban J connectivity index is 4.13. The van der Waals surface area contributed by atoms with Gasteiger partial charge in [0.1, 0.15) is 10.9 Å². The molecular weight excluding hydrogens is 222 g/mol. The first kappa shape index (κ1) is 14.4. The maximum Gasteiger partial charge on any atom is 0.126 e. The van der Waals surface area contributed by atoms with E-state index in [9.17, 15) is 0 Å². The van der Waals surface area contributed by atoms with Gasteiger partial charge in [-0.25, -0.2) is 0 Å². The lowest BCUT2D eigenvalue weighted by Crippen LogP contribution is -1.93. The summed E-state index contributed by atoms with van der Waals surface area (Å²) in [4.78, 5) is 4.31. The van der Waals surface area contributed by atoms with E-state index in [1.165, 1.54) is 0 Å². The molecule has 0 saturated heterocycles. The molecule has 0 N–H and O–H groups in total. The van der Waals surface area contributed by atoms with Gasteiger partial charge in [-0.3, -0.25) is 4.99 Å². The predicted molar refractivity (Wildman–Crippen MR) is 75.7 cm³/mol. The SMILES string of the molecule is C#CCN=C(SCC(=C)C)SCC(=C)C. The third-order valence-corrected chi connectivity index (χ3v) is 3.92. The van der Waals surface area contributed by atoms with E-state index in [0.29, 0.717) is 6.54 Å². The van der Waals surface area contributed by atoms with Crippen molar-refractivity contribution in [1.29, 1.82) is 0 Å². The van der Waals surface area contributed by atoms with Gasteiger partial charge in [0.15, 0.2) is 0 Å². The van der Waals surface area contributed by atoms with E-state index in [1.807, 2.05) is 13.8 Å². The number of hydrogen-bond donors (Lipinski definition) is 0. The van der Waals surface area contributed by atoms with Gasteiger partial charge in [-0.1, -0.05) is 53.7 Å². The van der Waals surface area contributed by atoms with Crippen molar-refractivity contribution in [2.45, 2.75) is 13.8 Å². The molecule has 0 aliphatic carbocycles. The summed E-state index contributed by atoms with van der Waals surface area (Å²) in [6.45, 7) is 12.2. The molecule has 0 radical (unpaired) electrons. The Bertz CT molecular complexity index is 277. The van der Waals surface area contributed by atoms with Crippen molar-refractivity contribution in [2.75, 3.05) is 18.1 Å². The normalized spacial score (nSPS) is 9.13. The lowest BCUT2D eigenvalue weighted by molar-refractivity contribution is 1.31. The van der Waals surface area contributed by atoms with Gasteiger partial charge in [0.25, 0.3) is 0 Å². The van der Waals surface area contributed by atoms with Crippen molar-refractivity contribution in [3.05, 3.63) is 24.3 Å². The highest BCUT2D eigenvalue weighted by Gasteiger charge is 2.01. The van der Waals surface area contributed by atoms with Crippen molar-refractivity contribution in [3.8, 4) is 12.3 Å². The van der Waals surface area contributed by atoms with Crippen LogP contribution in [-0.2, 0) is 0 Å². The van der Waals surface area contributed by atoms with E-state index in [-0.39, 0.29) is 0 Å². The van der Waals surface area contributed by atoms with Crippen LogP contribution in [0.3, 0.4) is 0 Å². The Morgan fingerprint density at radius 3 is 2.00 bits per heavy atom. The highest BCUT2D eigenvalue weighted by molar-refractivity contribution is 8.39. The van der Waals surface area contributed by atoms with Crippen LogP contribution in [0.5, 0.6) is 0 Å². The minimum absolute atomic E-state index is 0.446. The van der Waals surface area contributed by atoms with E-state index in [4.69, 9.17) is 6.42 Å². The number of hydrogen-bond acceptors (Lipinski definition) is 3. The zero-order chi connectivity index (χ0) is 11.7. The van der Waals surface area contributed by atoms with E-state index < -0.39 is 0 Å². The summed E-state index contributed by atoms with van der Waals surface area (Å²) in [5.41, 5.74) is 2.29. The minimum atomic E-state index is 0.446. The molecule has 0 fully saturated rings. The van der Waals surface area contributed by atoms with Crippen LogP contribution >= 0.6 is 23.5 Å². The van der Waals surface area contributed by atoms with Crippen LogP contribution < -0.4 is 0 Å². The first-order valence-electron chi connectivity index (χ1n) is 4.58. The summed E-state index contributed by atoms with van der Waals surface area (Å²) in [6, 6.07) is 0. The molecule has 0 unspecified atom stereocenters. The van der Waals surface area contributed by atoms with Gasteiger partial charge in [0, 0.05) is 11.5 Å². The van der Waals surface area contributed by atoms with Crippen LogP contribution in [0, 0.1) is 12.3 Å². The minimum Gasteiger partial charge on any atom is -0.259 e. The highest BCUT2D eigenvalue weighted by Crippen LogP contribution is 2.20. The molecule has 0 aromatic heterocycles. The summed E-state index contributed by atoms with van der Waals surface area (Å²) in [5.74, 6) is 4.31. The van der Waals surface area contributed by atoms with Crippen LogP contribution in [0.15, 0.2) is 29.3 Å². The van der Waals surface area contributed by atoms with Crippen molar-refractivity contribution >= 4 is 27.9 Å². The zero-order valence-corrected chi connectivity index (χ0v) is 11.0. The number of nitrogens with zero attached hydrogens (tertiary/aromatic N) is 1. The molecule has 0 saturated carbocycles. The average molecular weight is 239 g/mol. The second-order valence-corrected chi connectivity index (χ2v) is 5.46. The van der Waals surface area contributed by atoms with E-state index in [1.54, 1.807) is 23.5 Å². The van der Waals surface area contributed by atoms with E-state index >= 15 is 0 Å². The fraction of sp³-hybridized carbons (Fsp3) is 0.417. The molecule has 3 heteroatoms. The fourth-order valence-electron chi connectivity index (χ4n) is 0.613. The smallest absolute Gasteiger partial charge is 0.126 e. The molecule has 15 heavy (non-hydrogen) atoms. The number of thioether (sulfide) groups is 2. The summed E-state index contributed by atoms with van der Waals surface area (Å²) in [7, 11) is 0. The summed E-state index contributed by atoms with van der Waals surface area (Å²) in [6.07, 6.45) is 5.18. The maximum absolute atomic E-state index is 5.18.